The topological polar surface area (TPSA) is 0 Å². The maximum atomic E-state index is 13.3. The van der Waals surface area contributed by atoms with E-state index >= 15 is 0 Å². The normalized spacial score (nSPS) is 10.5. The number of halogens is 2. The van der Waals surface area contributed by atoms with E-state index in [0.717, 1.165) is 20.0 Å². The van der Waals surface area contributed by atoms with Crippen molar-refractivity contribution in [1.82, 2.24) is 0 Å². The van der Waals surface area contributed by atoms with E-state index in [2.05, 4.69) is 0 Å². The Hall–Kier alpha value is -0.901. The van der Waals surface area contributed by atoms with Crippen LogP contribution in [0.5, 0.6) is 0 Å². The van der Waals surface area contributed by atoms with Gasteiger partial charge < -0.3 is 0 Å². The van der Waals surface area contributed by atoms with Gasteiger partial charge in [0.1, 0.15) is 0 Å². The van der Waals surface area contributed by atoms with Gasteiger partial charge in [0.05, 0.1) is 0 Å². The van der Waals surface area contributed by atoms with Crippen LogP contribution in [0.1, 0.15) is 11.1 Å². The number of rotatable bonds is 4. The summed E-state index contributed by atoms with van der Waals surface area (Å²) >= 11 is -0.790. The second-order valence-electron chi connectivity index (χ2n) is 3.79. The van der Waals surface area contributed by atoms with E-state index in [0.29, 0.717) is 0 Å². The van der Waals surface area contributed by atoms with Gasteiger partial charge in [-0.3, -0.25) is 0 Å². The van der Waals surface area contributed by atoms with Gasteiger partial charge in [-0.1, -0.05) is 0 Å². The number of hydrogen-bond acceptors (Lipinski definition) is 0. The van der Waals surface area contributed by atoms with Crippen molar-refractivity contribution in [3.8, 4) is 0 Å². The summed E-state index contributed by atoms with van der Waals surface area (Å²) in [5.74, 6) is -0.274. The first-order chi connectivity index (χ1) is 8.27. The molecule has 0 spiro atoms. The average Bonchev–Trinajstić information content (AvgIpc) is 2.34. The Morgan fingerprint density at radius 2 is 1.12 bits per heavy atom. The molecule has 0 unspecified atom stereocenters. The molecule has 0 N–H and O–H groups in total. The molecule has 0 aliphatic carbocycles. The van der Waals surface area contributed by atoms with Crippen LogP contribution in [0.25, 0.3) is 0 Å². The van der Waals surface area contributed by atoms with Crippen LogP contribution < -0.4 is 0 Å². The van der Waals surface area contributed by atoms with Crippen LogP contribution in [0.3, 0.4) is 0 Å². The zero-order chi connectivity index (χ0) is 12.1. The van der Waals surface area contributed by atoms with Crippen molar-refractivity contribution in [2.75, 3.05) is 0 Å². The summed E-state index contributed by atoms with van der Waals surface area (Å²) in [5, 5.41) is 0. The zero-order valence-electron chi connectivity index (χ0n) is 9.29. The summed E-state index contributed by atoms with van der Waals surface area (Å²) in [6.07, 6.45) is 0. The fraction of sp³-hybridized carbons (Fsp3) is 0.143. The van der Waals surface area contributed by atoms with E-state index in [1.165, 1.54) is 12.1 Å². The van der Waals surface area contributed by atoms with Crippen molar-refractivity contribution in [3.63, 3.8) is 0 Å². The molecule has 0 aromatic heterocycles. The monoisotopic (exact) mass is 338 g/mol. The molecule has 0 saturated heterocycles. The quantitative estimate of drug-likeness (QED) is 0.751. The fourth-order valence-corrected chi connectivity index (χ4v) is 5.15. The number of hydrogen-bond donors (Lipinski definition) is 0. The average molecular weight is 337 g/mol. The molecule has 0 aliphatic heterocycles. The summed E-state index contributed by atoms with van der Waals surface area (Å²) in [6, 6.07) is 13.7. The van der Waals surface area contributed by atoms with Gasteiger partial charge in [-0.15, -0.1) is 0 Å². The van der Waals surface area contributed by atoms with Crippen LogP contribution in [0, 0.1) is 11.6 Å². The van der Waals surface area contributed by atoms with E-state index in [-0.39, 0.29) is 11.6 Å². The third kappa shape index (κ3) is 3.53. The summed E-state index contributed by atoms with van der Waals surface area (Å²) in [4.78, 5) is 0. The Morgan fingerprint density at radius 1 is 0.706 bits per heavy atom. The van der Waals surface area contributed by atoms with Gasteiger partial charge in [0.2, 0.25) is 0 Å². The van der Waals surface area contributed by atoms with Crippen molar-refractivity contribution in [2.24, 2.45) is 0 Å². The molecular formula is C14H12F2Sn. The number of benzene rings is 2. The molecule has 0 nitrogen and oxygen atoms in total. The molecule has 0 atom stereocenters. The Labute approximate surface area is 110 Å². The molecule has 0 bridgehead atoms. The van der Waals surface area contributed by atoms with Gasteiger partial charge in [-0.2, -0.15) is 0 Å². The van der Waals surface area contributed by atoms with Crippen molar-refractivity contribution < 1.29 is 8.78 Å². The molecule has 2 radical (unpaired) electrons. The molecule has 2 aromatic carbocycles. The molecule has 2 aromatic rings. The van der Waals surface area contributed by atoms with E-state index in [1.54, 1.807) is 12.1 Å². The third-order valence-corrected chi connectivity index (χ3v) is 6.15. The fourth-order valence-electron chi connectivity index (χ4n) is 1.62. The van der Waals surface area contributed by atoms with Crippen LogP contribution >= 0.6 is 0 Å². The van der Waals surface area contributed by atoms with Crippen LogP contribution in [-0.4, -0.2) is 21.1 Å². The molecule has 3 heteroatoms. The van der Waals surface area contributed by atoms with Gasteiger partial charge >= 0.3 is 110 Å². The molecular weight excluding hydrogens is 325 g/mol. The Morgan fingerprint density at radius 3 is 1.53 bits per heavy atom. The molecule has 0 heterocycles. The van der Waals surface area contributed by atoms with Crippen LogP contribution in [0.4, 0.5) is 8.78 Å². The zero-order valence-corrected chi connectivity index (χ0v) is 12.1. The van der Waals surface area contributed by atoms with Crippen LogP contribution in [-0.2, 0) is 8.87 Å². The molecule has 0 amide bonds. The van der Waals surface area contributed by atoms with Gasteiger partial charge in [-0.25, -0.2) is 0 Å². The summed E-state index contributed by atoms with van der Waals surface area (Å²) < 4.78 is 28.3. The minimum atomic E-state index is -0.790. The summed E-state index contributed by atoms with van der Waals surface area (Å²) in [6.45, 7) is 0. The Balaban J connectivity index is 1.93. The van der Waals surface area contributed by atoms with Gasteiger partial charge in [-0.05, 0) is 0 Å². The molecule has 17 heavy (non-hydrogen) atoms. The first kappa shape index (κ1) is 12.6. The van der Waals surface area contributed by atoms with Gasteiger partial charge in [0.15, 0.2) is 0 Å². The van der Waals surface area contributed by atoms with Gasteiger partial charge in [0.25, 0.3) is 0 Å². The predicted octanol–water partition coefficient (Wildman–Crippen LogP) is 3.37. The summed E-state index contributed by atoms with van der Waals surface area (Å²) in [7, 11) is 0. The standard InChI is InChI=1S/2C7H6F.Sn/c2*1-6-4-2-3-5-7(6)8;/h2*2-5H,1H2;. The van der Waals surface area contributed by atoms with E-state index in [9.17, 15) is 8.78 Å². The third-order valence-electron chi connectivity index (χ3n) is 2.55. The Kier molecular flexibility index (Phi) is 4.54. The predicted molar refractivity (Wildman–Crippen MR) is 66.0 cm³/mol. The minimum absolute atomic E-state index is 0.137. The Bertz CT molecular complexity index is 452. The van der Waals surface area contributed by atoms with E-state index < -0.39 is 21.1 Å². The van der Waals surface area contributed by atoms with E-state index in [4.69, 9.17) is 0 Å². The van der Waals surface area contributed by atoms with Crippen molar-refractivity contribution in [1.29, 1.82) is 0 Å². The van der Waals surface area contributed by atoms with Crippen molar-refractivity contribution in [3.05, 3.63) is 71.3 Å². The summed E-state index contributed by atoms with van der Waals surface area (Å²) in [5.41, 5.74) is 1.55. The second kappa shape index (κ2) is 6.15. The first-order valence-corrected chi connectivity index (χ1v) is 9.48. The molecule has 0 fully saturated rings. The van der Waals surface area contributed by atoms with Crippen LogP contribution in [0.15, 0.2) is 48.5 Å². The van der Waals surface area contributed by atoms with Crippen LogP contribution in [0.2, 0.25) is 0 Å². The first-order valence-electron chi connectivity index (χ1n) is 5.45. The molecule has 0 aliphatic rings. The van der Waals surface area contributed by atoms with Crippen molar-refractivity contribution >= 4 is 21.1 Å². The van der Waals surface area contributed by atoms with E-state index in [1.807, 2.05) is 24.3 Å². The molecule has 86 valence electrons. The van der Waals surface area contributed by atoms with Gasteiger partial charge in [0, 0.05) is 0 Å². The molecule has 0 saturated carbocycles. The second-order valence-corrected chi connectivity index (χ2v) is 7.23. The maximum absolute atomic E-state index is 13.3. The molecule has 2 rings (SSSR count). The SMILES string of the molecule is Fc1ccccc1[CH2][Sn][CH2]c1ccccc1F. The van der Waals surface area contributed by atoms with Crippen molar-refractivity contribution in [2.45, 2.75) is 8.87 Å².